The van der Waals surface area contributed by atoms with Crippen molar-refractivity contribution in [2.24, 2.45) is 7.05 Å². The molecule has 1 aromatic carbocycles. The van der Waals surface area contributed by atoms with Crippen molar-refractivity contribution in [1.82, 2.24) is 20.3 Å². The van der Waals surface area contributed by atoms with Gasteiger partial charge in [0.25, 0.3) is 0 Å². The van der Waals surface area contributed by atoms with Gasteiger partial charge in [-0.3, -0.25) is 4.68 Å². The summed E-state index contributed by atoms with van der Waals surface area (Å²) in [6, 6.07) is 8.38. The second kappa shape index (κ2) is 8.41. The molecule has 1 atom stereocenters. The van der Waals surface area contributed by atoms with Crippen LogP contribution in [-0.4, -0.2) is 33.3 Å². The molecule has 0 saturated carbocycles. The monoisotopic (exact) mass is 324 g/mol. The summed E-state index contributed by atoms with van der Waals surface area (Å²) in [7, 11) is 1.90. The van der Waals surface area contributed by atoms with E-state index in [0.29, 0.717) is 6.04 Å². The Kier molecular flexibility index (Phi) is 6.54. The largest absolute Gasteiger partial charge is 0.313 e. The average Bonchev–Trinajstić information content (AvgIpc) is 2.89. The highest BCUT2D eigenvalue weighted by Crippen LogP contribution is 2.21. The first-order valence-corrected chi connectivity index (χ1v) is 8.50. The number of benzene rings is 1. The van der Waals surface area contributed by atoms with Crippen LogP contribution in [0, 0.1) is 0 Å². The second-order valence-corrected chi connectivity index (χ2v) is 6.53. The summed E-state index contributed by atoms with van der Waals surface area (Å²) in [5.41, 5.74) is 1.03. The molecule has 0 radical (unpaired) electrons. The van der Waals surface area contributed by atoms with Gasteiger partial charge in [-0.05, 0) is 37.2 Å². The molecule has 21 heavy (non-hydrogen) atoms. The number of aromatic nitrogens is 3. The van der Waals surface area contributed by atoms with E-state index in [-0.39, 0.29) is 0 Å². The molecule has 0 spiro atoms. The predicted octanol–water partition coefficient (Wildman–Crippen LogP) is 3.17. The van der Waals surface area contributed by atoms with E-state index < -0.39 is 0 Å². The van der Waals surface area contributed by atoms with Crippen LogP contribution < -0.4 is 5.32 Å². The number of halogens is 1. The molecule has 2 rings (SSSR count). The molecule has 2 aromatic rings. The van der Waals surface area contributed by atoms with Crippen LogP contribution >= 0.6 is 23.4 Å². The number of aryl methyl sites for hydroxylation is 1. The lowest BCUT2D eigenvalue weighted by molar-refractivity contribution is 0.544. The highest BCUT2D eigenvalue weighted by molar-refractivity contribution is 7.99. The van der Waals surface area contributed by atoms with Crippen LogP contribution in [0.2, 0.25) is 5.02 Å². The Labute approximate surface area is 135 Å². The van der Waals surface area contributed by atoms with E-state index in [9.17, 15) is 0 Å². The van der Waals surface area contributed by atoms with Crippen molar-refractivity contribution in [3.05, 3.63) is 41.2 Å². The number of hydrogen-bond acceptors (Lipinski definition) is 4. The maximum absolute atomic E-state index is 5.91. The summed E-state index contributed by atoms with van der Waals surface area (Å²) < 4.78 is 1.75. The van der Waals surface area contributed by atoms with E-state index >= 15 is 0 Å². The fraction of sp³-hybridized carbons (Fsp3) is 0.467. The molecule has 6 heteroatoms. The van der Waals surface area contributed by atoms with Gasteiger partial charge >= 0.3 is 0 Å². The number of rotatable bonds is 8. The standard InChI is InChI=1S/C15H21ClN4S/c1-3-8-17-14(9-13-10-20(2)19-18-13)11-21-15-6-4-12(16)5-7-15/h4-7,10,14,17H,3,8-9,11H2,1-2H3. The number of hydrogen-bond donors (Lipinski definition) is 1. The van der Waals surface area contributed by atoms with Gasteiger partial charge in [-0.2, -0.15) is 0 Å². The molecule has 1 unspecified atom stereocenters. The molecule has 0 aliphatic heterocycles. The maximum atomic E-state index is 5.91. The van der Waals surface area contributed by atoms with Crippen molar-refractivity contribution >= 4 is 23.4 Å². The summed E-state index contributed by atoms with van der Waals surface area (Å²) in [4.78, 5) is 1.24. The molecule has 0 aliphatic carbocycles. The fourth-order valence-corrected chi connectivity index (χ4v) is 3.09. The van der Waals surface area contributed by atoms with Crippen LogP contribution in [0.4, 0.5) is 0 Å². The Bertz CT molecular complexity index is 541. The number of nitrogens with zero attached hydrogens (tertiary/aromatic N) is 3. The van der Waals surface area contributed by atoms with Crippen molar-refractivity contribution in [2.45, 2.75) is 30.7 Å². The average molecular weight is 325 g/mol. The van der Waals surface area contributed by atoms with Gasteiger partial charge in [0.2, 0.25) is 0 Å². The van der Waals surface area contributed by atoms with Crippen LogP contribution in [0.1, 0.15) is 19.0 Å². The van der Waals surface area contributed by atoms with Gasteiger partial charge in [-0.15, -0.1) is 16.9 Å². The third-order valence-electron chi connectivity index (χ3n) is 3.05. The molecule has 0 bridgehead atoms. The van der Waals surface area contributed by atoms with Gasteiger partial charge in [0.05, 0.1) is 5.69 Å². The quantitative estimate of drug-likeness (QED) is 0.757. The van der Waals surface area contributed by atoms with Crippen LogP contribution in [-0.2, 0) is 13.5 Å². The van der Waals surface area contributed by atoms with Crippen LogP contribution in [0.3, 0.4) is 0 Å². The van der Waals surface area contributed by atoms with E-state index in [1.807, 2.05) is 37.1 Å². The molecule has 114 valence electrons. The summed E-state index contributed by atoms with van der Waals surface area (Å²) >= 11 is 7.75. The molecule has 4 nitrogen and oxygen atoms in total. The molecule has 1 aromatic heterocycles. The normalized spacial score (nSPS) is 12.5. The molecular formula is C15H21ClN4S. The van der Waals surface area contributed by atoms with Gasteiger partial charge < -0.3 is 5.32 Å². The summed E-state index contributed by atoms with van der Waals surface area (Å²) in [5, 5.41) is 12.5. The first-order valence-electron chi connectivity index (χ1n) is 7.14. The Hall–Kier alpha value is -1.04. The van der Waals surface area contributed by atoms with Gasteiger partial charge in [0.15, 0.2) is 0 Å². The van der Waals surface area contributed by atoms with Crippen molar-refractivity contribution in [3.63, 3.8) is 0 Å². The summed E-state index contributed by atoms with van der Waals surface area (Å²) in [6.45, 7) is 3.20. The zero-order valence-corrected chi connectivity index (χ0v) is 14.0. The van der Waals surface area contributed by atoms with Crippen LogP contribution in [0.15, 0.2) is 35.4 Å². The van der Waals surface area contributed by atoms with E-state index in [1.54, 1.807) is 4.68 Å². The summed E-state index contributed by atoms with van der Waals surface area (Å²) in [6.07, 6.45) is 4.00. The van der Waals surface area contributed by atoms with Gasteiger partial charge in [-0.1, -0.05) is 23.7 Å². The van der Waals surface area contributed by atoms with Crippen molar-refractivity contribution in [3.8, 4) is 0 Å². The maximum Gasteiger partial charge on any atom is 0.0842 e. The van der Waals surface area contributed by atoms with E-state index in [2.05, 4.69) is 34.7 Å². The molecular weight excluding hydrogens is 304 g/mol. The van der Waals surface area contributed by atoms with E-state index in [4.69, 9.17) is 11.6 Å². The van der Waals surface area contributed by atoms with Gasteiger partial charge in [0, 0.05) is 41.4 Å². The zero-order valence-electron chi connectivity index (χ0n) is 12.4. The minimum absolute atomic E-state index is 0.391. The number of nitrogens with one attached hydrogen (secondary N) is 1. The minimum atomic E-state index is 0.391. The number of thioether (sulfide) groups is 1. The molecule has 0 amide bonds. The Morgan fingerprint density at radius 1 is 1.33 bits per heavy atom. The highest BCUT2D eigenvalue weighted by Gasteiger charge is 2.12. The zero-order chi connectivity index (χ0) is 15.1. The first kappa shape index (κ1) is 16.3. The second-order valence-electron chi connectivity index (χ2n) is 5.00. The third-order valence-corrected chi connectivity index (χ3v) is 4.48. The van der Waals surface area contributed by atoms with Crippen LogP contribution in [0.25, 0.3) is 0 Å². The smallest absolute Gasteiger partial charge is 0.0842 e. The summed E-state index contributed by atoms with van der Waals surface area (Å²) in [5.74, 6) is 0.998. The molecule has 0 saturated heterocycles. The minimum Gasteiger partial charge on any atom is -0.313 e. The van der Waals surface area contributed by atoms with Crippen molar-refractivity contribution < 1.29 is 0 Å². The van der Waals surface area contributed by atoms with Crippen molar-refractivity contribution in [1.29, 1.82) is 0 Å². The lowest BCUT2D eigenvalue weighted by Gasteiger charge is -2.17. The van der Waals surface area contributed by atoms with Crippen LogP contribution in [0.5, 0.6) is 0 Å². The molecule has 1 N–H and O–H groups in total. The Morgan fingerprint density at radius 3 is 2.71 bits per heavy atom. The highest BCUT2D eigenvalue weighted by atomic mass is 35.5. The molecule has 0 aliphatic rings. The van der Waals surface area contributed by atoms with Gasteiger partial charge in [-0.25, -0.2) is 0 Å². The topological polar surface area (TPSA) is 42.7 Å². The first-order chi connectivity index (χ1) is 10.2. The Morgan fingerprint density at radius 2 is 2.10 bits per heavy atom. The van der Waals surface area contributed by atoms with E-state index in [1.165, 1.54) is 4.90 Å². The fourth-order valence-electron chi connectivity index (χ4n) is 2.01. The lowest BCUT2D eigenvalue weighted by atomic mass is 10.2. The predicted molar refractivity (Wildman–Crippen MR) is 89.0 cm³/mol. The SMILES string of the molecule is CCCNC(CSc1ccc(Cl)cc1)Cc1cn(C)nn1. The Balaban J connectivity index is 1.90. The van der Waals surface area contributed by atoms with E-state index in [0.717, 1.165) is 35.9 Å². The lowest BCUT2D eigenvalue weighted by Crippen LogP contribution is -2.34. The molecule has 1 heterocycles. The molecule has 0 fully saturated rings. The van der Waals surface area contributed by atoms with Crippen molar-refractivity contribution in [2.75, 3.05) is 12.3 Å². The van der Waals surface area contributed by atoms with Gasteiger partial charge in [0.1, 0.15) is 0 Å². The third kappa shape index (κ3) is 5.69.